The van der Waals surface area contributed by atoms with Crippen molar-refractivity contribution in [3.8, 4) is 0 Å². The Morgan fingerprint density at radius 1 is 0.500 bits per heavy atom. The number of hydrogen-bond donors (Lipinski definition) is 6. The molecule has 1 amide bonds. The average molecular weight is 952 g/mol. The molecule has 7 unspecified atom stereocenters. The van der Waals surface area contributed by atoms with Gasteiger partial charge >= 0.3 is 0 Å². The van der Waals surface area contributed by atoms with Crippen molar-refractivity contribution in [1.82, 2.24) is 5.32 Å². The molecule has 6 N–H and O–H groups in total. The molecule has 1 heterocycles. The molecule has 0 radical (unpaired) electrons. The topological polar surface area (TPSA) is 149 Å². The van der Waals surface area contributed by atoms with Gasteiger partial charge in [0.1, 0.15) is 24.4 Å². The van der Waals surface area contributed by atoms with Crippen LogP contribution in [-0.4, -0.2) is 87.5 Å². The molecule has 0 aromatic heterocycles. The van der Waals surface area contributed by atoms with Crippen LogP contribution in [0.3, 0.4) is 0 Å². The Hall–Kier alpha value is -2.89. The summed E-state index contributed by atoms with van der Waals surface area (Å²) in [6.07, 6.45) is 62.2. The quantitative estimate of drug-likeness (QED) is 0.0261. The minimum atomic E-state index is -1.58. The van der Waals surface area contributed by atoms with E-state index in [0.29, 0.717) is 6.42 Å². The third kappa shape index (κ3) is 37.0. The lowest BCUT2D eigenvalue weighted by Crippen LogP contribution is -2.60. The first kappa shape index (κ1) is 63.1. The number of hydrogen-bond acceptors (Lipinski definition) is 8. The fourth-order valence-corrected chi connectivity index (χ4v) is 8.10. The predicted octanol–water partition coefficient (Wildman–Crippen LogP) is 13.2. The highest BCUT2D eigenvalue weighted by Gasteiger charge is 2.44. The fraction of sp³-hybridized carbons (Fsp3) is 0.712. The Balaban J connectivity index is 2.09. The van der Waals surface area contributed by atoms with E-state index in [1.807, 2.05) is 6.08 Å². The van der Waals surface area contributed by atoms with E-state index >= 15 is 0 Å². The summed E-state index contributed by atoms with van der Waals surface area (Å²) in [5, 5.41) is 54.2. The van der Waals surface area contributed by atoms with Crippen LogP contribution in [0.1, 0.15) is 213 Å². The minimum Gasteiger partial charge on any atom is -0.394 e. The van der Waals surface area contributed by atoms with E-state index in [1.165, 1.54) is 109 Å². The highest BCUT2D eigenvalue weighted by atomic mass is 16.7. The van der Waals surface area contributed by atoms with Gasteiger partial charge in [0.15, 0.2) is 6.29 Å². The van der Waals surface area contributed by atoms with Gasteiger partial charge in [-0.2, -0.15) is 0 Å². The number of allylic oxidation sites excluding steroid dienone is 15. The molecule has 68 heavy (non-hydrogen) atoms. The maximum absolute atomic E-state index is 13.0. The van der Waals surface area contributed by atoms with Gasteiger partial charge in [-0.3, -0.25) is 4.79 Å². The van der Waals surface area contributed by atoms with Crippen LogP contribution in [0.2, 0.25) is 0 Å². The summed E-state index contributed by atoms with van der Waals surface area (Å²) in [5.74, 6) is -0.195. The number of carbonyl (C=O) groups excluding carboxylic acids is 1. The zero-order valence-corrected chi connectivity index (χ0v) is 43.1. The van der Waals surface area contributed by atoms with Gasteiger partial charge in [0.2, 0.25) is 5.91 Å². The van der Waals surface area contributed by atoms with Crippen LogP contribution in [0.5, 0.6) is 0 Å². The van der Waals surface area contributed by atoms with E-state index in [0.717, 1.165) is 83.5 Å². The van der Waals surface area contributed by atoms with Crippen molar-refractivity contribution in [3.05, 3.63) is 97.2 Å². The Kier molecular flexibility index (Phi) is 44.3. The molecular weight excluding hydrogens is 851 g/mol. The molecule has 0 aromatic carbocycles. The molecule has 1 aliphatic heterocycles. The lowest BCUT2D eigenvalue weighted by atomic mass is 9.99. The van der Waals surface area contributed by atoms with Crippen LogP contribution >= 0.6 is 0 Å². The number of unbranched alkanes of at least 4 members (excludes halogenated alkanes) is 21. The van der Waals surface area contributed by atoms with Gasteiger partial charge in [-0.05, 0) is 83.5 Å². The molecule has 9 nitrogen and oxygen atoms in total. The predicted molar refractivity (Wildman–Crippen MR) is 285 cm³/mol. The molecule has 1 saturated heterocycles. The van der Waals surface area contributed by atoms with E-state index in [9.17, 15) is 30.3 Å². The summed E-state index contributed by atoms with van der Waals surface area (Å²) in [6, 6.07) is -0.829. The van der Waals surface area contributed by atoms with Gasteiger partial charge in [0, 0.05) is 6.42 Å². The summed E-state index contributed by atoms with van der Waals surface area (Å²) in [7, 11) is 0. The zero-order valence-electron chi connectivity index (χ0n) is 43.1. The van der Waals surface area contributed by atoms with Gasteiger partial charge in [-0.1, -0.05) is 220 Å². The number of aliphatic hydroxyl groups excluding tert-OH is 5. The molecule has 1 fully saturated rings. The third-order valence-corrected chi connectivity index (χ3v) is 12.4. The standard InChI is InChI=1S/C59H101NO8/c1-3-5-7-9-11-13-15-16-17-18-19-20-21-22-23-24-25-26-27-28-29-30-31-32-33-34-35-36-37-38-39-41-43-45-47-49-55(63)60-52(51-67-59-58(66)57(65)56(64)54(50-61)68-59)53(62)48-46-44-42-40-14-12-10-8-6-4-2/h5-8,11,13-14,16-17,19-20,22-23,40,46,48,52-54,56-59,61-62,64-66H,3-4,9-10,12,15,18,21,24-39,41-45,47,49-51H2,1-2H3,(H,60,63)/b7-5-,8-6+,13-11-,17-16-,20-19-,23-22-,40-14+,48-46+. The minimum absolute atomic E-state index is 0.195. The van der Waals surface area contributed by atoms with Crippen molar-refractivity contribution < 1.29 is 39.8 Å². The van der Waals surface area contributed by atoms with Crippen molar-refractivity contribution in [2.75, 3.05) is 13.2 Å². The highest BCUT2D eigenvalue weighted by Crippen LogP contribution is 2.23. The van der Waals surface area contributed by atoms with E-state index in [-0.39, 0.29) is 12.5 Å². The van der Waals surface area contributed by atoms with Crippen LogP contribution in [0.15, 0.2) is 97.2 Å². The van der Waals surface area contributed by atoms with Crippen molar-refractivity contribution in [1.29, 1.82) is 0 Å². The van der Waals surface area contributed by atoms with Gasteiger partial charge in [0.05, 0.1) is 25.4 Å². The first-order valence-electron chi connectivity index (χ1n) is 27.5. The maximum Gasteiger partial charge on any atom is 0.220 e. The number of nitrogens with one attached hydrogen (secondary N) is 1. The molecule has 0 aliphatic carbocycles. The van der Waals surface area contributed by atoms with Crippen LogP contribution in [0, 0.1) is 0 Å². The van der Waals surface area contributed by atoms with Crippen LogP contribution in [0.4, 0.5) is 0 Å². The largest absolute Gasteiger partial charge is 0.394 e. The number of ether oxygens (including phenoxy) is 2. The van der Waals surface area contributed by atoms with Crippen LogP contribution in [-0.2, 0) is 14.3 Å². The highest BCUT2D eigenvalue weighted by molar-refractivity contribution is 5.76. The molecular formula is C59H101NO8. The van der Waals surface area contributed by atoms with Gasteiger partial charge in [0.25, 0.3) is 0 Å². The van der Waals surface area contributed by atoms with E-state index in [2.05, 4.69) is 104 Å². The summed E-state index contributed by atoms with van der Waals surface area (Å²) < 4.78 is 11.2. The van der Waals surface area contributed by atoms with Crippen LogP contribution < -0.4 is 5.32 Å². The fourth-order valence-electron chi connectivity index (χ4n) is 8.10. The number of aliphatic hydroxyl groups is 5. The number of rotatable bonds is 45. The van der Waals surface area contributed by atoms with Crippen LogP contribution in [0.25, 0.3) is 0 Å². The van der Waals surface area contributed by atoms with Crippen molar-refractivity contribution in [2.45, 2.75) is 256 Å². The SMILES string of the molecule is CC/C=C\C/C=C\C/C=C\C/C=C\C/C=C\CCCCCCCCCCCCCCCCCCCCCC(=O)NC(COC1OC(CO)C(O)C(O)C1O)C(O)/C=C/CC/C=C/CC/C=C/CC. The first-order chi connectivity index (χ1) is 33.3. The third-order valence-electron chi connectivity index (χ3n) is 12.4. The molecule has 9 heteroatoms. The summed E-state index contributed by atoms with van der Waals surface area (Å²) in [5.41, 5.74) is 0. The number of amides is 1. The van der Waals surface area contributed by atoms with Gasteiger partial charge in [-0.25, -0.2) is 0 Å². The second-order valence-corrected chi connectivity index (χ2v) is 18.6. The molecule has 7 atom stereocenters. The summed E-state index contributed by atoms with van der Waals surface area (Å²) >= 11 is 0. The van der Waals surface area contributed by atoms with Gasteiger partial charge in [-0.15, -0.1) is 0 Å². The Morgan fingerprint density at radius 3 is 1.35 bits per heavy atom. The van der Waals surface area contributed by atoms with Crippen molar-refractivity contribution in [2.24, 2.45) is 0 Å². The smallest absolute Gasteiger partial charge is 0.220 e. The molecule has 0 saturated carbocycles. The average Bonchev–Trinajstić information content (AvgIpc) is 3.34. The second-order valence-electron chi connectivity index (χ2n) is 18.6. The Morgan fingerprint density at radius 2 is 0.882 bits per heavy atom. The van der Waals surface area contributed by atoms with Crippen molar-refractivity contribution in [3.63, 3.8) is 0 Å². The number of carbonyl (C=O) groups is 1. The zero-order chi connectivity index (χ0) is 49.4. The molecule has 1 aliphatic rings. The molecule has 390 valence electrons. The van der Waals surface area contributed by atoms with E-state index in [4.69, 9.17) is 9.47 Å². The summed E-state index contributed by atoms with van der Waals surface area (Å²) in [4.78, 5) is 13.0. The normalized spacial score (nSPS) is 20.4. The molecule has 0 bridgehead atoms. The van der Waals surface area contributed by atoms with Crippen molar-refractivity contribution >= 4 is 5.91 Å². The lowest BCUT2D eigenvalue weighted by molar-refractivity contribution is -0.302. The summed E-state index contributed by atoms with van der Waals surface area (Å²) in [6.45, 7) is 3.50. The Bertz CT molecular complexity index is 1380. The Labute approximate surface area is 415 Å². The monoisotopic (exact) mass is 952 g/mol. The molecule has 0 aromatic rings. The molecule has 1 rings (SSSR count). The van der Waals surface area contributed by atoms with E-state index < -0.39 is 49.5 Å². The second kappa shape index (κ2) is 47.8. The lowest BCUT2D eigenvalue weighted by Gasteiger charge is -2.40. The van der Waals surface area contributed by atoms with E-state index in [1.54, 1.807) is 6.08 Å². The first-order valence-corrected chi connectivity index (χ1v) is 27.5. The van der Waals surface area contributed by atoms with Gasteiger partial charge < -0.3 is 40.3 Å². The maximum atomic E-state index is 13.0. The molecule has 0 spiro atoms.